The van der Waals surface area contributed by atoms with Gasteiger partial charge in [0.1, 0.15) is 23.7 Å². The van der Waals surface area contributed by atoms with Crippen LogP contribution in [0.25, 0.3) is 0 Å². The van der Waals surface area contributed by atoms with E-state index in [1.54, 1.807) is 38.7 Å². The van der Waals surface area contributed by atoms with Gasteiger partial charge >= 0.3 is 0 Å². The number of likely N-dealkylation sites (tertiary alicyclic amines) is 1. The highest BCUT2D eigenvalue weighted by Gasteiger charge is 2.24. The zero-order valence-electron chi connectivity index (χ0n) is 17.7. The molecular weight excluding hydrogens is 499 g/mol. The van der Waals surface area contributed by atoms with Gasteiger partial charge in [-0.15, -0.1) is 24.0 Å². The Morgan fingerprint density at radius 2 is 1.93 bits per heavy atom. The van der Waals surface area contributed by atoms with Crippen LogP contribution in [0.5, 0.6) is 11.5 Å². The SMILES string of the molecule is CCNC(=NCC(O)c1cc(OC)cc(OC)c1)N1CCC(c2ncn[nH]2)CC1.I. The van der Waals surface area contributed by atoms with Crippen molar-refractivity contribution in [1.82, 2.24) is 25.4 Å². The number of rotatable bonds is 7. The Kier molecular flexibility index (Phi) is 9.63. The first-order valence-electron chi connectivity index (χ1n) is 9.94. The van der Waals surface area contributed by atoms with Gasteiger partial charge in [0.2, 0.25) is 0 Å². The molecule has 1 aliphatic heterocycles. The van der Waals surface area contributed by atoms with Gasteiger partial charge in [-0.2, -0.15) is 5.10 Å². The third kappa shape index (κ3) is 6.21. The number of benzene rings is 1. The van der Waals surface area contributed by atoms with Crippen molar-refractivity contribution in [1.29, 1.82) is 0 Å². The van der Waals surface area contributed by atoms with Gasteiger partial charge in [0.15, 0.2) is 5.96 Å². The van der Waals surface area contributed by atoms with Crippen molar-refractivity contribution in [3.63, 3.8) is 0 Å². The van der Waals surface area contributed by atoms with Crippen LogP contribution in [-0.2, 0) is 0 Å². The van der Waals surface area contributed by atoms with Gasteiger partial charge < -0.3 is 24.8 Å². The first-order chi connectivity index (χ1) is 14.1. The van der Waals surface area contributed by atoms with E-state index in [-0.39, 0.29) is 30.5 Å². The zero-order valence-corrected chi connectivity index (χ0v) is 20.0. The van der Waals surface area contributed by atoms with Crippen molar-refractivity contribution in [2.24, 2.45) is 4.99 Å². The summed E-state index contributed by atoms with van der Waals surface area (Å²) in [6, 6.07) is 5.39. The minimum Gasteiger partial charge on any atom is -0.497 e. The highest BCUT2D eigenvalue weighted by Crippen LogP contribution is 2.27. The monoisotopic (exact) mass is 530 g/mol. The topological polar surface area (TPSA) is 108 Å². The number of nitrogens with one attached hydrogen (secondary N) is 2. The van der Waals surface area contributed by atoms with Crippen molar-refractivity contribution >= 4 is 29.9 Å². The summed E-state index contributed by atoms with van der Waals surface area (Å²) in [6.45, 7) is 4.81. The number of hydrogen-bond donors (Lipinski definition) is 3. The molecule has 9 nitrogen and oxygen atoms in total. The average molecular weight is 530 g/mol. The summed E-state index contributed by atoms with van der Waals surface area (Å²) in [5, 5.41) is 20.9. The number of guanidine groups is 1. The van der Waals surface area contributed by atoms with Crippen molar-refractivity contribution in [2.45, 2.75) is 31.8 Å². The molecule has 1 saturated heterocycles. The van der Waals surface area contributed by atoms with Crippen molar-refractivity contribution in [3.05, 3.63) is 35.9 Å². The molecule has 30 heavy (non-hydrogen) atoms. The Bertz CT molecular complexity index is 772. The molecule has 0 spiro atoms. The quantitative estimate of drug-likeness (QED) is 0.287. The molecule has 1 unspecified atom stereocenters. The van der Waals surface area contributed by atoms with E-state index in [9.17, 15) is 5.11 Å². The number of halogens is 1. The summed E-state index contributed by atoms with van der Waals surface area (Å²) in [5.41, 5.74) is 0.713. The number of H-pyrrole nitrogens is 1. The smallest absolute Gasteiger partial charge is 0.194 e. The van der Waals surface area contributed by atoms with Crippen LogP contribution in [0.2, 0.25) is 0 Å². The maximum Gasteiger partial charge on any atom is 0.194 e. The van der Waals surface area contributed by atoms with Crippen LogP contribution >= 0.6 is 24.0 Å². The summed E-state index contributed by atoms with van der Waals surface area (Å²) >= 11 is 0. The fraction of sp³-hybridized carbons (Fsp3) is 0.550. The second-order valence-corrected chi connectivity index (χ2v) is 6.99. The molecule has 1 fully saturated rings. The van der Waals surface area contributed by atoms with E-state index in [0.717, 1.165) is 44.3 Å². The zero-order chi connectivity index (χ0) is 20.6. The largest absolute Gasteiger partial charge is 0.497 e. The van der Waals surface area contributed by atoms with E-state index in [2.05, 4.69) is 30.4 Å². The lowest BCUT2D eigenvalue weighted by Crippen LogP contribution is -2.45. The highest BCUT2D eigenvalue weighted by molar-refractivity contribution is 14.0. The summed E-state index contributed by atoms with van der Waals surface area (Å²) in [7, 11) is 3.18. The minimum absolute atomic E-state index is 0. The molecule has 3 rings (SSSR count). The van der Waals surface area contributed by atoms with E-state index in [0.29, 0.717) is 23.0 Å². The average Bonchev–Trinajstić information content (AvgIpc) is 3.31. The van der Waals surface area contributed by atoms with Crippen LogP contribution in [0.15, 0.2) is 29.5 Å². The molecule has 3 N–H and O–H groups in total. The lowest BCUT2D eigenvalue weighted by molar-refractivity contribution is 0.185. The maximum atomic E-state index is 10.7. The van der Waals surface area contributed by atoms with Gasteiger partial charge in [-0.3, -0.25) is 10.1 Å². The molecule has 166 valence electrons. The molecule has 0 amide bonds. The lowest BCUT2D eigenvalue weighted by atomic mass is 9.96. The molecule has 0 radical (unpaired) electrons. The van der Waals surface area contributed by atoms with Crippen LogP contribution in [0, 0.1) is 0 Å². The third-order valence-corrected chi connectivity index (χ3v) is 5.12. The summed E-state index contributed by atoms with van der Waals surface area (Å²) < 4.78 is 10.6. The van der Waals surface area contributed by atoms with Crippen molar-refractivity contribution in [3.8, 4) is 11.5 Å². The van der Waals surface area contributed by atoms with Crippen molar-refractivity contribution < 1.29 is 14.6 Å². The summed E-state index contributed by atoms with van der Waals surface area (Å²) in [6.07, 6.45) is 2.77. The predicted octanol–water partition coefficient (Wildman–Crippen LogP) is 2.32. The first-order valence-corrected chi connectivity index (χ1v) is 9.94. The van der Waals surface area contributed by atoms with Gasteiger partial charge in [0.25, 0.3) is 0 Å². The number of aliphatic hydroxyl groups excluding tert-OH is 1. The molecule has 0 bridgehead atoms. The fourth-order valence-electron chi connectivity index (χ4n) is 3.50. The Balaban J connectivity index is 0.00000320. The van der Waals surface area contributed by atoms with E-state index in [4.69, 9.17) is 9.47 Å². The van der Waals surface area contributed by atoms with Gasteiger partial charge in [-0.05, 0) is 37.5 Å². The molecule has 10 heteroatoms. The van der Waals surface area contributed by atoms with Crippen molar-refractivity contribution in [2.75, 3.05) is 40.4 Å². The number of aliphatic imine (C=N–C) groups is 1. The number of aromatic amines is 1. The Morgan fingerprint density at radius 1 is 1.27 bits per heavy atom. The van der Waals surface area contributed by atoms with E-state index < -0.39 is 6.10 Å². The second-order valence-electron chi connectivity index (χ2n) is 6.99. The molecule has 1 atom stereocenters. The number of hydrogen-bond acceptors (Lipinski definition) is 6. The molecule has 1 aliphatic rings. The first kappa shape index (κ1) is 24.2. The number of nitrogens with zero attached hydrogens (tertiary/aromatic N) is 4. The molecule has 2 aromatic rings. The van der Waals surface area contributed by atoms with Crippen LogP contribution < -0.4 is 14.8 Å². The number of methoxy groups -OCH3 is 2. The number of aliphatic hydroxyl groups is 1. The van der Waals surface area contributed by atoms with Gasteiger partial charge in [-0.1, -0.05) is 0 Å². The molecule has 0 saturated carbocycles. The van der Waals surface area contributed by atoms with Crippen LogP contribution in [0.4, 0.5) is 0 Å². The number of piperidine rings is 1. The lowest BCUT2D eigenvalue weighted by Gasteiger charge is -2.33. The van der Waals surface area contributed by atoms with E-state index in [1.807, 2.05) is 6.92 Å². The third-order valence-electron chi connectivity index (χ3n) is 5.12. The molecule has 1 aromatic carbocycles. The van der Waals surface area contributed by atoms with Crippen LogP contribution in [-0.4, -0.2) is 71.5 Å². The molecular formula is C20H31IN6O3. The maximum absolute atomic E-state index is 10.7. The normalized spacial score (nSPS) is 16.0. The van der Waals surface area contributed by atoms with Gasteiger partial charge in [0, 0.05) is 31.6 Å². The number of ether oxygens (including phenoxy) is 2. The number of aromatic nitrogens is 3. The Hall–Kier alpha value is -2.08. The van der Waals surface area contributed by atoms with Crippen LogP contribution in [0.3, 0.4) is 0 Å². The molecule has 2 heterocycles. The van der Waals surface area contributed by atoms with E-state index >= 15 is 0 Å². The van der Waals surface area contributed by atoms with Crippen LogP contribution in [0.1, 0.15) is 43.2 Å². The highest BCUT2D eigenvalue weighted by atomic mass is 127. The predicted molar refractivity (Wildman–Crippen MR) is 126 cm³/mol. The minimum atomic E-state index is -0.751. The molecule has 0 aliphatic carbocycles. The van der Waals surface area contributed by atoms with Gasteiger partial charge in [-0.25, -0.2) is 4.98 Å². The van der Waals surface area contributed by atoms with E-state index in [1.165, 1.54) is 0 Å². The van der Waals surface area contributed by atoms with Gasteiger partial charge in [0.05, 0.1) is 26.9 Å². The Morgan fingerprint density at radius 3 is 2.47 bits per heavy atom. The standard InChI is InChI=1S/C20H30N6O3.HI/c1-4-21-20(26-7-5-14(6-8-26)19-23-13-24-25-19)22-12-18(27)15-9-16(28-2)11-17(10-15)29-3;/h9-11,13-14,18,27H,4-8,12H2,1-3H3,(H,21,22)(H,23,24,25);1H. The summed E-state index contributed by atoms with van der Waals surface area (Å²) in [4.78, 5) is 11.2. The molecule has 1 aromatic heterocycles. The Labute approximate surface area is 194 Å². The fourth-order valence-corrected chi connectivity index (χ4v) is 3.50. The second kappa shape index (κ2) is 11.9. The summed E-state index contributed by atoms with van der Waals surface area (Å²) in [5.74, 6) is 3.45.